The molecule has 3 heterocycles. The fourth-order valence-electron chi connectivity index (χ4n) is 8.60. The van der Waals surface area contributed by atoms with Crippen molar-refractivity contribution < 1.29 is 4.42 Å². The quantitative estimate of drug-likeness (QED) is 0.176. The van der Waals surface area contributed by atoms with E-state index >= 15 is 0 Å². The van der Waals surface area contributed by atoms with Crippen LogP contribution in [0.4, 0.5) is 0 Å². The van der Waals surface area contributed by atoms with Crippen molar-refractivity contribution in [3.63, 3.8) is 0 Å². The van der Waals surface area contributed by atoms with Crippen molar-refractivity contribution in [3.05, 3.63) is 194 Å². The Hall–Kier alpha value is -7.89. The Morgan fingerprint density at radius 3 is 1.76 bits per heavy atom. The number of hydrogen-bond acceptors (Lipinski definition) is 4. The van der Waals surface area contributed by atoms with Gasteiger partial charge in [-0.2, -0.15) is 0 Å². The van der Waals surface area contributed by atoms with Crippen molar-refractivity contribution in [1.82, 2.24) is 19.5 Å². The summed E-state index contributed by atoms with van der Waals surface area (Å²) in [6.45, 7) is 0. The first kappa shape index (κ1) is 32.4. The lowest BCUT2D eigenvalue weighted by Gasteiger charge is -2.11. The van der Waals surface area contributed by atoms with E-state index in [9.17, 15) is 0 Å². The summed E-state index contributed by atoms with van der Waals surface area (Å²) in [7, 11) is 0. The molecule has 9 aromatic carbocycles. The average Bonchev–Trinajstić information content (AvgIpc) is 3.82. The molecular weight excluding hydrogens is 709 g/mol. The van der Waals surface area contributed by atoms with Crippen molar-refractivity contribution in [3.8, 4) is 51.0 Å². The molecule has 0 atom stereocenters. The van der Waals surface area contributed by atoms with Crippen LogP contribution in [0.25, 0.3) is 116 Å². The molecule has 0 unspecified atom stereocenters. The summed E-state index contributed by atoms with van der Waals surface area (Å²) in [6, 6.07) is 68.1. The maximum absolute atomic E-state index is 6.29. The second-order valence-electron chi connectivity index (χ2n) is 14.8. The molecule has 0 aliphatic rings. The minimum atomic E-state index is 0.620. The number of para-hydroxylation sites is 2. The summed E-state index contributed by atoms with van der Waals surface area (Å²) in [4.78, 5) is 15.5. The summed E-state index contributed by atoms with van der Waals surface area (Å²) >= 11 is 0. The molecule has 0 spiro atoms. The van der Waals surface area contributed by atoms with Gasteiger partial charge in [-0.05, 0) is 93.3 Å². The molecule has 58 heavy (non-hydrogen) atoms. The Morgan fingerprint density at radius 2 is 0.914 bits per heavy atom. The largest absolute Gasteiger partial charge is 0.456 e. The Bertz CT molecular complexity index is 3560. The van der Waals surface area contributed by atoms with E-state index in [1.807, 2.05) is 0 Å². The maximum atomic E-state index is 6.29. The lowest BCUT2D eigenvalue weighted by molar-refractivity contribution is 0.669. The standard InChI is InChI=1S/C53H32N4O/c1-2-15-40(16-3-1)57-47-20-9-8-18-42(47)44-31-39(25-27-48(44)57)52-54-51(55-53(56-52)43-19-10-14-34-11-6-7-17-41(34)43)35-23-21-33(22-24-35)38-26-28-49-45(30-38)46-29-36-12-4-5-13-37(36)32-50(46)58-49/h1-32H. The summed E-state index contributed by atoms with van der Waals surface area (Å²) in [5, 5.41) is 9.15. The number of furan rings is 1. The number of aromatic nitrogens is 4. The number of fused-ring (bicyclic) bond motifs is 8. The van der Waals surface area contributed by atoms with Crippen molar-refractivity contribution >= 4 is 65.3 Å². The number of nitrogens with zero attached hydrogens (tertiary/aromatic N) is 4. The van der Waals surface area contributed by atoms with Gasteiger partial charge in [0.1, 0.15) is 11.2 Å². The fourth-order valence-corrected chi connectivity index (χ4v) is 8.60. The molecule has 0 saturated carbocycles. The van der Waals surface area contributed by atoms with Gasteiger partial charge < -0.3 is 8.98 Å². The molecule has 12 aromatic rings. The highest BCUT2D eigenvalue weighted by molar-refractivity contribution is 6.12. The third-order valence-corrected chi connectivity index (χ3v) is 11.4. The van der Waals surface area contributed by atoms with Crippen LogP contribution in [0.3, 0.4) is 0 Å². The van der Waals surface area contributed by atoms with Crippen LogP contribution in [-0.4, -0.2) is 19.5 Å². The summed E-state index contributed by atoms with van der Waals surface area (Å²) in [5.41, 5.74) is 10.2. The van der Waals surface area contributed by atoms with E-state index in [-0.39, 0.29) is 0 Å². The Morgan fingerprint density at radius 1 is 0.328 bits per heavy atom. The fraction of sp³-hybridized carbons (Fsp3) is 0. The van der Waals surface area contributed by atoms with E-state index in [0.717, 1.165) is 82.6 Å². The predicted molar refractivity (Wildman–Crippen MR) is 238 cm³/mol. The van der Waals surface area contributed by atoms with Crippen LogP contribution < -0.4 is 0 Å². The topological polar surface area (TPSA) is 56.7 Å². The van der Waals surface area contributed by atoms with Crippen LogP contribution in [0.15, 0.2) is 199 Å². The van der Waals surface area contributed by atoms with Gasteiger partial charge in [0.2, 0.25) is 0 Å². The highest BCUT2D eigenvalue weighted by atomic mass is 16.3. The van der Waals surface area contributed by atoms with Crippen LogP contribution in [0.2, 0.25) is 0 Å². The predicted octanol–water partition coefficient (Wildman–Crippen LogP) is 13.8. The van der Waals surface area contributed by atoms with Crippen molar-refractivity contribution in [2.24, 2.45) is 0 Å². The number of rotatable bonds is 5. The van der Waals surface area contributed by atoms with Crippen molar-refractivity contribution in [2.75, 3.05) is 0 Å². The van der Waals surface area contributed by atoms with E-state index in [2.05, 4.69) is 199 Å². The molecule has 0 aliphatic carbocycles. The van der Waals surface area contributed by atoms with Crippen LogP contribution in [0, 0.1) is 0 Å². The zero-order chi connectivity index (χ0) is 38.2. The van der Waals surface area contributed by atoms with Gasteiger partial charge in [0, 0.05) is 43.9 Å². The Labute approximate surface area is 333 Å². The van der Waals surface area contributed by atoms with Crippen molar-refractivity contribution in [1.29, 1.82) is 0 Å². The van der Waals surface area contributed by atoms with Crippen LogP contribution in [0.1, 0.15) is 0 Å². The van der Waals surface area contributed by atoms with Crippen molar-refractivity contribution in [2.45, 2.75) is 0 Å². The molecule has 0 radical (unpaired) electrons. The monoisotopic (exact) mass is 740 g/mol. The van der Waals surface area contributed by atoms with Gasteiger partial charge >= 0.3 is 0 Å². The minimum Gasteiger partial charge on any atom is -0.456 e. The smallest absolute Gasteiger partial charge is 0.164 e. The molecule has 0 bridgehead atoms. The first-order chi connectivity index (χ1) is 28.7. The van der Waals surface area contributed by atoms with Gasteiger partial charge in [-0.15, -0.1) is 0 Å². The average molecular weight is 741 g/mol. The zero-order valence-electron chi connectivity index (χ0n) is 31.2. The normalized spacial score (nSPS) is 11.8. The second kappa shape index (κ2) is 12.8. The number of benzene rings is 9. The number of hydrogen-bond donors (Lipinski definition) is 0. The van der Waals surface area contributed by atoms with Crippen LogP contribution >= 0.6 is 0 Å². The lowest BCUT2D eigenvalue weighted by atomic mass is 10.0. The van der Waals surface area contributed by atoms with Crippen LogP contribution in [0.5, 0.6) is 0 Å². The van der Waals surface area contributed by atoms with Gasteiger partial charge in [0.05, 0.1) is 11.0 Å². The molecule has 0 N–H and O–H groups in total. The van der Waals surface area contributed by atoms with E-state index in [1.54, 1.807) is 0 Å². The first-order valence-corrected chi connectivity index (χ1v) is 19.5. The van der Waals surface area contributed by atoms with Gasteiger partial charge in [-0.1, -0.05) is 133 Å². The Balaban J connectivity index is 0.995. The molecule has 0 amide bonds. The zero-order valence-corrected chi connectivity index (χ0v) is 31.2. The van der Waals surface area contributed by atoms with E-state index in [1.165, 1.54) is 16.2 Å². The minimum absolute atomic E-state index is 0.620. The molecule has 0 saturated heterocycles. The van der Waals surface area contributed by atoms with Gasteiger partial charge in [-0.25, -0.2) is 15.0 Å². The first-order valence-electron chi connectivity index (χ1n) is 19.5. The van der Waals surface area contributed by atoms with Gasteiger partial charge in [-0.3, -0.25) is 0 Å². The summed E-state index contributed by atoms with van der Waals surface area (Å²) < 4.78 is 8.62. The SMILES string of the molecule is c1ccc(-n2c3ccccc3c3cc(-c4nc(-c5ccc(-c6ccc7oc8cc9ccccc9cc8c7c6)cc5)nc(-c5cccc6ccccc56)n4)ccc32)cc1. The molecular formula is C53H32N4O. The third kappa shape index (κ3) is 5.21. The van der Waals surface area contributed by atoms with Gasteiger partial charge in [0.25, 0.3) is 0 Å². The maximum Gasteiger partial charge on any atom is 0.164 e. The second-order valence-corrected chi connectivity index (χ2v) is 14.8. The summed E-state index contributed by atoms with van der Waals surface area (Å²) in [5.74, 6) is 1.88. The molecule has 270 valence electrons. The third-order valence-electron chi connectivity index (χ3n) is 11.4. The molecule has 0 aliphatic heterocycles. The highest BCUT2D eigenvalue weighted by Crippen LogP contribution is 2.38. The van der Waals surface area contributed by atoms with Crippen LogP contribution in [-0.2, 0) is 0 Å². The molecule has 5 heteroatoms. The van der Waals surface area contributed by atoms with E-state index in [4.69, 9.17) is 19.4 Å². The van der Waals surface area contributed by atoms with E-state index in [0.29, 0.717) is 17.5 Å². The molecule has 3 aromatic heterocycles. The van der Waals surface area contributed by atoms with Gasteiger partial charge in [0.15, 0.2) is 17.5 Å². The molecule has 12 rings (SSSR count). The molecule has 0 fully saturated rings. The Kier molecular flexibility index (Phi) is 7.16. The highest BCUT2D eigenvalue weighted by Gasteiger charge is 2.18. The lowest BCUT2D eigenvalue weighted by Crippen LogP contribution is -2.00. The molecule has 5 nitrogen and oxygen atoms in total. The van der Waals surface area contributed by atoms with E-state index < -0.39 is 0 Å². The summed E-state index contributed by atoms with van der Waals surface area (Å²) in [6.07, 6.45) is 0.